The summed E-state index contributed by atoms with van der Waals surface area (Å²) in [6.07, 6.45) is 13.5. The van der Waals surface area contributed by atoms with Crippen LogP contribution in [0.15, 0.2) is 18.5 Å². The molecule has 3 N–H and O–H groups in total. The summed E-state index contributed by atoms with van der Waals surface area (Å²) in [6, 6.07) is 2.21. The summed E-state index contributed by atoms with van der Waals surface area (Å²) >= 11 is 0. The number of nitrogens with one attached hydrogen (secondary N) is 1. The van der Waals surface area contributed by atoms with Gasteiger partial charge in [-0.25, -0.2) is 0 Å². The van der Waals surface area contributed by atoms with Crippen LogP contribution in [0.2, 0.25) is 0 Å². The number of hydrazine groups is 1. The smallest absolute Gasteiger partial charge is 0.137 e. The molecule has 4 heteroatoms. The van der Waals surface area contributed by atoms with E-state index in [0.717, 1.165) is 30.8 Å². The quantitative estimate of drug-likeness (QED) is 0.346. The Morgan fingerprint density at radius 3 is 2.57 bits per heavy atom. The minimum atomic E-state index is 0.161. The molecular formula is C17H31N3O. The fourth-order valence-corrected chi connectivity index (χ4v) is 2.40. The van der Waals surface area contributed by atoms with E-state index in [9.17, 15) is 0 Å². The lowest BCUT2D eigenvalue weighted by atomic mass is 10.0. The van der Waals surface area contributed by atoms with Crippen LogP contribution in [0.1, 0.15) is 76.8 Å². The molecule has 21 heavy (non-hydrogen) atoms. The second-order valence-corrected chi connectivity index (χ2v) is 5.58. The molecule has 1 rings (SSSR count). The van der Waals surface area contributed by atoms with Crippen molar-refractivity contribution in [1.29, 1.82) is 0 Å². The second-order valence-electron chi connectivity index (χ2n) is 5.58. The highest BCUT2D eigenvalue weighted by Crippen LogP contribution is 2.22. The molecular weight excluding hydrogens is 262 g/mol. The van der Waals surface area contributed by atoms with Crippen LogP contribution in [0.5, 0.6) is 5.75 Å². The molecule has 1 aromatic rings. The largest absolute Gasteiger partial charge is 0.492 e. The topological polar surface area (TPSA) is 60.2 Å². The number of unbranched alkanes of at least 4 members (excludes halogenated alkanes) is 5. The van der Waals surface area contributed by atoms with Gasteiger partial charge in [0.05, 0.1) is 12.8 Å². The Balaban J connectivity index is 2.40. The van der Waals surface area contributed by atoms with E-state index in [0.29, 0.717) is 0 Å². The first-order chi connectivity index (χ1) is 10.3. The molecule has 4 nitrogen and oxygen atoms in total. The van der Waals surface area contributed by atoms with E-state index in [-0.39, 0.29) is 6.04 Å². The van der Waals surface area contributed by atoms with Gasteiger partial charge in [-0.2, -0.15) is 0 Å². The van der Waals surface area contributed by atoms with Crippen LogP contribution in [-0.2, 0) is 0 Å². The van der Waals surface area contributed by atoms with Gasteiger partial charge in [0.15, 0.2) is 0 Å². The lowest BCUT2D eigenvalue weighted by Crippen LogP contribution is -2.28. The highest BCUT2D eigenvalue weighted by atomic mass is 16.5. The summed E-state index contributed by atoms with van der Waals surface area (Å²) in [4.78, 5) is 4.25. The molecule has 0 spiro atoms. The zero-order valence-corrected chi connectivity index (χ0v) is 13.6. The monoisotopic (exact) mass is 293 g/mol. The maximum Gasteiger partial charge on any atom is 0.137 e. The van der Waals surface area contributed by atoms with Crippen LogP contribution < -0.4 is 16.0 Å². The third-order valence-corrected chi connectivity index (χ3v) is 3.66. The SMILES string of the molecule is CCCCCCCCC(NN)c1cncc(OCCC)c1. The van der Waals surface area contributed by atoms with Crippen molar-refractivity contribution >= 4 is 0 Å². The van der Waals surface area contributed by atoms with Crippen LogP contribution in [0, 0.1) is 0 Å². The molecule has 0 bridgehead atoms. The molecule has 0 aliphatic heterocycles. The Morgan fingerprint density at radius 1 is 1.10 bits per heavy atom. The van der Waals surface area contributed by atoms with Gasteiger partial charge in [-0.1, -0.05) is 52.4 Å². The molecule has 0 aliphatic carbocycles. The first-order valence-corrected chi connectivity index (χ1v) is 8.35. The van der Waals surface area contributed by atoms with Crippen molar-refractivity contribution in [2.45, 2.75) is 71.3 Å². The summed E-state index contributed by atoms with van der Waals surface area (Å²) < 4.78 is 5.63. The van der Waals surface area contributed by atoms with E-state index >= 15 is 0 Å². The van der Waals surface area contributed by atoms with Crippen LogP contribution in [0.25, 0.3) is 0 Å². The molecule has 0 aliphatic rings. The van der Waals surface area contributed by atoms with Gasteiger partial charge in [0.2, 0.25) is 0 Å². The summed E-state index contributed by atoms with van der Waals surface area (Å²) in [7, 11) is 0. The predicted octanol–water partition coefficient (Wildman–Crippen LogP) is 4.13. The van der Waals surface area contributed by atoms with Crippen molar-refractivity contribution in [1.82, 2.24) is 10.4 Å². The fraction of sp³-hybridized carbons (Fsp3) is 0.706. The van der Waals surface area contributed by atoms with Crippen molar-refractivity contribution in [2.75, 3.05) is 6.61 Å². The summed E-state index contributed by atoms with van der Waals surface area (Å²) in [5.74, 6) is 6.53. The highest BCUT2D eigenvalue weighted by Gasteiger charge is 2.10. The van der Waals surface area contributed by atoms with E-state index < -0.39 is 0 Å². The zero-order chi connectivity index (χ0) is 15.3. The van der Waals surface area contributed by atoms with Gasteiger partial charge in [0.25, 0.3) is 0 Å². The molecule has 120 valence electrons. The van der Waals surface area contributed by atoms with Crippen LogP contribution in [0.3, 0.4) is 0 Å². The van der Waals surface area contributed by atoms with Gasteiger partial charge in [0.1, 0.15) is 5.75 Å². The average Bonchev–Trinajstić information content (AvgIpc) is 2.52. The average molecular weight is 293 g/mol. The lowest BCUT2D eigenvalue weighted by Gasteiger charge is -2.16. The number of rotatable bonds is 12. The predicted molar refractivity (Wildman–Crippen MR) is 88.1 cm³/mol. The number of aromatic nitrogens is 1. The van der Waals surface area contributed by atoms with Gasteiger partial charge in [-0.15, -0.1) is 0 Å². The highest BCUT2D eigenvalue weighted by molar-refractivity contribution is 5.25. The first-order valence-electron chi connectivity index (χ1n) is 8.35. The van der Waals surface area contributed by atoms with E-state index in [4.69, 9.17) is 10.6 Å². The molecule has 1 heterocycles. The van der Waals surface area contributed by atoms with E-state index in [1.54, 1.807) is 6.20 Å². The van der Waals surface area contributed by atoms with Gasteiger partial charge in [-0.3, -0.25) is 16.3 Å². The van der Waals surface area contributed by atoms with Crippen LogP contribution in [0.4, 0.5) is 0 Å². The molecule has 0 saturated heterocycles. The maximum atomic E-state index is 5.70. The summed E-state index contributed by atoms with van der Waals surface area (Å²) in [6.45, 7) is 5.07. The number of ether oxygens (including phenoxy) is 1. The van der Waals surface area contributed by atoms with Crippen LogP contribution >= 0.6 is 0 Å². The van der Waals surface area contributed by atoms with E-state index in [1.807, 2.05) is 12.3 Å². The second kappa shape index (κ2) is 11.5. The molecule has 1 aromatic heterocycles. The summed E-state index contributed by atoms with van der Waals surface area (Å²) in [5.41, 5.74) is 4.02. The lowest BCUT2D eigenvalue weighted by molar-refractivity contribution is 0.315. The van der Waals surface area contributed by atoms with Gasteiger partial charge in [-0.05, 0) is 24.5 Å². The van der Waals surface area contributed by atoms with Gasteiger partial charge in [0, 0.05) is 12.2 Å². The first kappa shape index (κ1) is 17.9. The Kier molecular flexibility index (Phi) is 9.83. The number of nitrogens with zero attached hydrogens (tertiary/aromatic N) is 1. The van der Waals surface area contributed by atoms with E-state index in [1.165, 1.54) is 38.5 Å². The Bertz CT molecular complexity index is 371. The number of hydrogen-bond donors (Lipinski definition) is 2. The van der Waals surface area contributed by atoms with E-state index in [2.05, 4.69) is 24.3 Å². The molecule has 0 fully saturated rings. The van der Waals surface area contributed by atoms with Gasteiger partial charge < -0.3 is 4.74 Å². The Morgan fingerprint density at radius 2 is 1.86 bits per heavy atom. The Hall–Kier alpha value is -1.13. The molecule has 0 aromatic carbocycles. The normalized spacial score (nSPS) is 12.3. The third-order valence-electron chi connectivity index (χ3n) is 3.66. The van der Waals surface area contributed by atoms with Gasteiger partial charge >= 0.3 is 0 Å². The number of nitrogens with two attached hydrogens (primary N) is 1. The molecule has 0 saturated carbocycles. The number of hydrogen-bond acceptors (Lipinski definition) is 4. The van der Waals surface area contributed by atoms with Crippen molar-refractivity contribution in [2.24, 2.45) is 5.84 Å². The summed E-state index contributed by atoms with van der Waals surface area (Å²) in [5, 5.41) is 0. The molecule has 0 radical (unpaired) electrons. The minimum absolute atomic E-state index is 0.161. The Labute approximate surface area is 129 Å². The molecule has 0 amide bonds. The van der Waals surface area contributed by atoms with Crippen molar-refractivity contribution in [3.63, 3.8) is 0 Å². The maximum absolute atomic E-state index is 5.70. The standard InChI is InChI=1S/C17H31N3O/c1-3-5-6-7-8-9-10-17(20-18)15-12-16(14-19-13-15)21-11-4-2/h12-14,17,20H,3-11,18H2,1-2H3. The molecule has 1 atom stereocenters. The van der Waals surface area contributed by atoms with Crippen molar-refractivity contribution in [3.05, 3.63) is 24.0 Å². The fourth-order valence-electron chi connectivity index (χ4n) is 2.40. The van der Waals surface area contributed by atoms with Crippen LogP contribution in [-0.4, -0.2) is 11.6 Å². The minimum Gasteiger partial charge on any atom is -0.492 e. The molecule has 1 unspecified atom stereocenters. The van der Waals surface area contributed by atoms with Crippen molar-refractivity contribution < 1.29 is 4.74 Å². The zero-order valence-electron chi connectivity index (χ0n) is 13.6. The van der Waals surface area contributed by atoms with Crippen molar-refractivity contribution in [3.8, 4) is 5.75 Å². The number of pyridine rings is 1. The third kappa shape index (κ3) is 7.44.